The number of aromatic nitrogens is 2. The van der Waals surface area contributed by atoms with Crippen molar-refractivity contribution in [1.82, 2.24) is 15.3 Å². The molecule has 6 nitrogen and oxygen atoms in total. The molecule has 118 valence electrons. The molecule has 2 aromatic rings. The molecule has 1 heterocycles. The van der Waals surface area contributed by atoms with Gasteiger partial charge in [-0.3, -0.25) is 4.79 Å². The van der Waals surface area contributed by atoms with E-state index in [2.05, 4.69) is 15.3 Å². The van der Waals surface area contributed by atoms with Crippen LogP contribution in [0.15, 0.2) is 30.6 Å². The van der Waals surface area contributed by atoms with E-state index in [1.165, 1.54) is 0 Å². The third kappa shape index (κ3) is 3.28. The van der Waals surface area contributed by atoms with Crippen LogP contribution >= 0.6 is 23.2 Å². The van der Waals surface area contributed by atoms with E-state index in [0.29, 0.717) is 10.0 Å². The second kappa shape index (κ2) is 6.14. The molecule has 2 atom stereocenters. The van der Waals surface area contributed by atoms with E-state index in [0.717, 1.165) is 24.4 Å². The molecule has 1 aromatic heterocycles. The second-order valence-electron chi connectivity index (χ2n) is 5.16. The minimum absolute atomic E-state index is 0.0561. The third-order valence-corrected chi connectivity index (χ3v) is 4.42. The Labute approximate surface area is 141 Å². The summed E-state index contributed by atoms with van der Waals surface area (Å²) in [5.41, 5.74) is 0.756. The number of nitrogens with one attached hydrogen (secondary N) is 1. The number of carbonyl (C=O) groups is 2. The molecule has 23 heavy (non-hydrogen) atoms. The molecule has 1 amide bonds. The van der Waals surface area contributed by atoms with Crippen molar-refractivity contribution in [1.29, 1.82) is 0 Å². The van der Waals surface area contributed by atoms with Crippen molar-refractivity contribution in [2.75, 3.05) is 0 Å². The van der Waals surface area contributed by atoms with Crippen molar-refractivity contribution in [3.8, 4) is 0 Å². The maximum Gasteiger partial charge on any atom is 0.356 e. The quantitative estimate of drug-likeness (QED) is 0.883. The van der Waals surface area contributed by atoms with Crippen LogP contribution in [-0.4, -0.2) is 33.0 Å². The number of amides is 1. The number of carboxylic acids is 1. The van der Waals surface area contributed by atoms with E-state index in [4.69, 9.17) is 28.3 Å². The maximum absolute atomic E-state index is 12.1. The smallest absolute Gasteiger partial charge is 0.356 e. The van der Waals surface area contributed by atoms with Gasteiger partial charge >= 0.3 is 5.97 Å². The Hall–Kier alpha value is -2.18. The summed E-state index contributed by atoms with van der Waals surface area (Å²) in [6.45, 7) is 0. The van der Waals surface area contributed by atoms with Crippen LogP contribution in [0.2, 0.25) is 10.0 Å². The van der Waals surface area contributed by atoms with Crippen LogP contribution < -0.4 is 5.32 Å². The van der Waals surface area contributed by atoms with Gasteiger partial charge in [-0.2, -0.15) is 0 Å². The molecule has 0 aliphatic heterocycles. The monoisotopic (exact) mass is 351 g/mol. The first-order valence-electron chi connectivity index (χ1n) is 6.77. The van der Waals surface area contributed by atoms with Crippen molar-refractivity contribution >= 4 is 35.1 Å². The van der Waals surface area contributed by atoms with E-state index in [1.807, 2.05) is 12.1 Å². The zero-order valence-electron chi connectivity index (χ0n) is 11.7. The Balaban J connectivity index is 1.66. The molecule has 0 radical (unpaired) electrons. The molecule has 1 aliphatic carbocycles. The zero-order chi connectivity index (χ0) is 16.6. The molecular weight excluding hydrogens is 341 g/mol. The number of benzene rings is 1. The fraction of sp³-hybridized carbons (Fsp3) is 0.200. The Bertz CT molecular complexity index is 780. The summed E-state index contributed by atoms with van der Waals surface area (Å²) in [6.07, 6.45) is 2.95. The van der Waals surface area contributed by atoms with E-state index in [1.54, 1.807) is 6.07 Å². The molecule has 1 aliphatic rings. The van der Waals surface area contributed by atoms with Gasteiger partial charge < -0.3 is 10.4 Å². The summed E-state index contributed by atoms with van der Waals surface area (Å²) < 4.78 is 0. The fourth-order valence-corrected chi connectivity index (χ4v) is 2.75. The van der Waals surface area contributed by atoms with Gasteiger partial charge in [0.1, 0.15) is 5.69 Å². The summed E-state index contributed by atoms with van der Waals surface area (Å²) in [7, 11) is 0. The topological polar surface area (TPSA) is 92.2 Å². The lowest BCUT2D eigenvalue weighted by Gasteiger charge is -2.06. The van der Waals surface area contributed by atoms with Gasteiger partial charge in [-0.15, -0.1) is 0 Å². The van der Waals surface area contributed by atoms with E-state index in [-0.39, 0.29) is 23.3 Å². The second-order valence-corrected chi connectivity index (χ2v) is 5.94. The number of rotatable bonds is 4. The van der Waals surface area contributed by atoms with Gasteiger partial charge in [0.2, 0.25) is 0 Å². The lowest BCUT2D eigenvalue weighted by atomic mass is 10.1. The van der Waals surface area contributed by atoms with Gasteiger partial charge in [-0.1, -0.05) is 35.3 Å². The third-order valence-electron chi connectivity index (χ3n) is 3.59. The lowest BCUT2D eigenvalue weighted by Crippen LogP contribution is -2.27. The highest BCUT2D eigenvalue weighted by Gasteiger charge is 2.41. The van der Waals surface area contributed by atoms with E-state index < -0.39 is 11.9 Å². The van der Waals surface area contributed by atoms with Gasteiger partial charge in [0.05, 0.1) is 22.4 Å². The number of hydrogen-bond acceptors (Lipinski definition) is 4. The molecule has 1 aromatic carbocycles. The number of aromatic carboxylic acids is 1. The number of halogens is 2. The first-order chi connectivity index (χ1) is 11.0. The summed E-state index contributed by atoms with van der Waals surface area (Å²) in [6, 6.07) is 5.35. The predicted molar refractivity (Wildman–Crippen MR) is 84.1 cm³/mol. The van der Waals surface area contributed by atoms with Crippen LogP contribution in [0.4, 0.5) is 0 Å². The lowest BCUT2D eigenvalue weighted by molar-refractivity contribution is 0.0689. The number of carboxylic acid groups (broad SMARTS) is 1. The molecule has 1 saturated carbocycles. The van der Waals surface area contributed by atoms with Gasteiger partial charge in [-0.25, -0.2) is 14.8 Å². The first-order valence-corrected chi connectivity index (χ1v) is 7.53. The fourth-order valence-electron chi connectivity index (χ4n) is 2.30. The Morgan fingerprint density at radius 1 is 1.17 bits per heavy atom. The number of nitrogens with zero attached hydrogens (tertiary/aromatic N) is 2. The van der Waals surface area contributed by atoms with Gasteiger partial charge in [0, 0.05) is 12.0 Å². The average Bonchev–Trinajstić information content (AvgIpc) is 3.29. The first kappa shape index (κ1) is 15.7. The van der Waals surface area contributed by atoms with Crippen molar-refractivity contribution < 1.29 is 14.7 Å². The minimum atomic E-state index is -1.19. The highest BCUT2D eigenvalue weighted by atomic mass is 35.5. The van der Waals surface area contributed by atoms with Crippen LogP contribution in [0.3, 0.4) is 0 Å². The highest BCUT2D eigenvalue weighted by Crippen LogP contribution is 2.45. The molecule has 0 saturated heterocycles. The van der Waals surface area contributed by atoms with Gasteiger partial charge in [0.25, 0.3) is 5.91 Å². The molecular formula is C15H11Cl2N3O3. The summed E-state index contributed by atoms with van der Waals surface area (Å²) in [5.74, 6) is -1.49. The molecule has 1 fully saturated rings. The molecule has 8 heteroatoms. The molecule has 3 rings (SSSR count). The SMILES string of the molecule is O=C(O)c1cnc(C(=O)N[C@@H]2C[C@H]2c2cccc(Cl)c2Cl)cn1. The van der Waals surface area contributed by atoms with Gasteiger partial charge in [0.15, 0.2) is 5.69 Å². The van der Waals surface area contributed by atoms with Gasteiger partial charge in [-0.05, 0) is 18.1 Å². The Kier molecular flexibility index (Phi) is 4.19. The van der Waals surface area contributed by atoms with Crippen molar-refractivity contribution in [2.24, 2.45) is 0 Å². The maximum atomic E-state index is 12.1. The molecule has 0 bridgehead atoms. The summed E-state index contributed by atoms with van der Waals surface area (Å²) in [4.78, 5) is 30.3. The number of carbonyl (C=O) groups excluding carboxylic acids is 1. The van der Waals surface area contributed by atoms with Crippen molar-refractivity contribution in [2.45, 2.75) is 18.4 Å². The van der Waals surface area contributed by atoms with Crippen LogP contribution in [0, 0.1) is 0 Å². The van der Waals surface area contributed by atoms with E-state index in [9.17, 15) is 9.59 Å². The predicted octanol–water partition coefficient (Wildman–Crippen LogP) is 2.77. The Morgan fingerprint density at radius 2 is 1.87 bits per heavy atom. The zero-order valence-corrected chi connectivity index (χ0v) is 13.2. The number of hydrogen-bond donors (Lipinski definition) is 2. The van der Waals surface area contributed by atoms with Crippen LogP contribution in [-0.2, 0) is 0 Å². The summed E-state index contributed by atoms with van der Waals surface area (Å²) in [5, 5.41) is 12.6. The van der Waals surface area contributed by atoms with Crippen LogP contribution in [0.5, 0.6) is 0 Å². The average molecular weight is 352 g/mol. The molecule has 0 unspecified atom stereocenters. The van der Waals surface area contributed by atoms with Crippen molar-refractivity contribution in [3.63, 3.8) is 0 Å². The van der Waals surface area contributed by atoms with Crippen LogP contribution in [0.1, 0.15) is 38.9 Å². The standard InChI is InChI=1S/C15H11Cl2N3O3/c16-9-3-1-2-7(13(9)17)8-4-10(8)20-14(21)11-5-19-12(6-18-11)15(22)23/h1-3,5-6,8,10H,4H2,(H,20,21)(H,22,23)/t8-,10+/m0/s1. The van der Waals surface area contributed by atoms with E-state index >= 15 is 0 Å². The molecule has 0 spiro atoms. The largest absolute Gasteiger partial charge is 0.476 e. The normalized spacial score (nSPS) is 19.2. The molecule has 2 N–H and O–H groups in total. The highest BCUT2D eigenvalue weighted by molar-refractivity contribution is 6.42. The van der Waals surface area contributed by atoms with Crippen LogP contribution in [0.25, 0.3) is 0 Å². The minimum Gasteiger partial charge on any atom is -0.476 e. The Morgan fingerprint density at radius 3 is 2.52 bits per heavy atom. The van der Waals surface area contributed by atoms with Crippen molar-refractivity contribution in [3.05, 3.63) is 57.6 Å². The summed E-state index contributed by atoms with van der Waals surface area (Å²) >= 11 is 12.2.